The maximum Gasteiger partial charge on any atom is 0.129 e. The summed E-state index contributed by atoms with van der Waals surface area (Å²) >= 11 is 0. The summed E-state index contributed by atoms with van der Waals surface area (Å²) in [7, 11) is 7.23. The number of likely N-dealkylation sites (N-methyl/N-ethyl adjacent to an activating group) is 1. The summed E-state index contributed by atoms with van der Waals surface area (Å²) in [6.07, 6.45) is 1.19. The molecule has 1 aromatic carbocycles. The van der Waals surface area contributed by atoms with Gasteiger partial charge in [-0.15, -0.1) is 0 Å². The molecule has 4 nitrogen and oxygen atoms in total. The largest absolute Gasteiger partial charge is 0.496 e. The zero-order chi connectivity index (χ0) is 14.7. The summed E-state index contributed by atoms with van der Waals surface area (Å²) in [6, 6.07) is 3.89. The zero-order valence-corrected chi connectivity index (χ0v) is 13.1. The molecule has 0 amide bonds. The molecular formula is C16H25NO3. The van der Waals surface area contributed by atoms with Gasteiger partial charge in [0.05, 0.1) is 21.3 Å². The molecule has 1 aliphatic rings. The van der Waals surface area contributed by atoms with E-state index < -0.39 is 0 Å². The highest BCUT2D eigenvalue weighted by molar-refractivity contribution is 5.53. The third kappa shape index (κ3) is 2.85. The fourth-order valence-corrected chi connectivity index (χ4v) is 3.01. The van der Waals surface area contributed by atoms with Crippen LogP contribution in [0.1, 0.15) is 24.8 Å². The first kappa shape index (κ1) is 15.0. The van der Waals surface area contributed by atoms with E-state index in [0.717, 1.165) is 35.9 Å². The van der Waals surface area contributed by atoms with Crippen LogP contribution in [0.2, 0.25) is 0 Å². The Labute approximate surface area is 121 Å². The molecule has 20 heavy (non-hydrogen) atoms. The minimum atomic E-state index is 0.421. The highest BCUT2D eigenvalue weighted by Gasteiger charge is 2.31. The second kappa shape index (κ2) is 6.35. The van der Waals surface area contributed by atoms with Crippen molar-refractivity contribution in [3.63, 3.8) is 0 Å². The molecule has 2 rings (SSSR count). The predicted molar refractivity (Wildman–Crippen MR) is 80.1 cm³/mol. The van der Waals surface area contributed by atoms with Gasteiger partial charge in [0.15, 0.2) is 0 Å². The van der Waals surface area contributed by atoms with Crippen LogP contribution in [-0.4, -0.2) is 46.4 Å². The zero-order valence-electron chi connectivity index (χ0n) is 13.1. The van der Waals surface area contributed by atoms with Crippen LogP contribution in [0.3, 0.4) is 0 Å². The van der Waals surface area contributed by atoms with Crippen molar-refractivity contribution in [2.24, 2.45) is 5.92 Å². The first-order valence-electron chi connectivity index (χ1n) is 7.09. The molecule has 1 aliphatic heterocycles. The lowest BCUT2D eigenvalue weighted by Gasteiger charge is -2.36. The Morgan fingerprint density at radius 3 is 2.15 bits per heavy atom. The summed E-state index contributed by atoms with van der Waals surface area (Å²) in [5, 5.41) is 0. The number of hydrogen-bond acceptors (Lipinski definition) is 4. The lowest BCUT2D eigenvalue weighted by Crippen LogP contribution is -2.35. The van der Waals surface area contributed by atoms with Gasteiger partial charge < -0.3 is 19.1 Å². The molecule has 1 unspecified atom stereocenters. The molecule has 0 radical (unpaired) electrons. The van der Waals surface area contributed by atoms with Crippen molar-refractivity contribution >= 4 is 0 Å². The van der Waals surface area contributed by atoms with Crippen LogP contribution in [0.25, 0.3) is 0 Å². The van der Waals surface area contributed by atoms with Crippen LogP contribution < -0.4 is 14.2 Å². The average molecular weight is 279 g/mol. The van der Waals surface area contributed by atoms with Crippen LogP contribution in [0, 0.1) is 5.92 Å². The number of benzene rings is 1. The van der Waals surface area contributed by atoms with Gasteiger partial charge in [-0.2, -0.15) is 0 Å². The predicted octanol–water partition coefficient (Wildman–Crippen LogP) is 2.77. The SMILES string of the molecule is COc1cc(OC)c([C@@H]2CN(C)CCC2C)c(OC)c1. The number of likely N-dealkylation sites (tertiary alicyclic amines) is 1. The van der Waals surface area contributed by atoms with Crippen molar-refractivity contribution in [1.29, 1.82) is 0 Å². The smallest absolute Gasteiger partial charge is 0.129 e. The van der Waals surface area contributed by atoms with Gasteiger partial charge in [-0.05, 0) is 25.9 Å². The normalized spacial score (nSPS) is 23.4. The third-order valence-corrected chi connectivity index (χ3v) is 4.29. The molecule has 0 bridgehead atoms. The van der Waals surface area contributed by atoms with E-state index in [1.807, 2.05) is 12.1 Å². The van der Waals surface area contributed by atoms with Crippen molar-refractivity contribution in [1.82, 2.24) is 4.90 Å². The van der Waals surface area contributed by atoms with E-state index in [4.69, 9.17) is 14.2 Å². The van der Waals surface area contributed by atoms with Crippen LogP contribution >= 0.6 is 0 Å². The Morgan fingerprint density at radius 2 is 1.65 bits per heavy atom. The standard InChI is InChI=1S/C16H25NO3/c1-11-6-7-17(2)10-13(11)16-14(19-4)8-12(18-3)9-15(16)20-5/h8-9,11,13H,6-7,10H2,1-5H3/t11?,13-/m1/s1. The number of nitrogens with zero attached hydrogens (tertiary/aromatic N) is 1. The van der Waals surface area contributed by atoms with Crippen molar-refractivity contribution in [3.8, 4) is 17.2 Å². The molecule has 0 spiro atoms. The molecule has 1 aromatic rings. The minimum Gasteiger partial charge on any atom is -0.496 e. The van der Waals surface area contributed by atoms with Gasteiger partial charge in [0, 0.05) is 30.2 Å². The highest BCUT2D eigenvalue weighted by atomic mass is 16.5. The Kier molecular flexibility index (Phi) is 4.76. The Morgan fingerprint density at radius 1 is 1.05 bits per heavy atom. The minimum absolute atomic E-state index is 0.421. The second-order valence-electron chi connectivity index (χ2n) is 5.58. The fraction of sp³-hybridized carbons (Fsp3) is 0.625. The van der Waals surface area contributed by atoms with Crippen molar-refractivity contribution < 1.29 is 14.2 Å². The number of hydrogen-bond donors (Lipinski definition) is 0. The third-order valence-electron chi connectivity index (χ3n) is 4.29. The van der Waals surface area contributed by atoms with Gasteiger partial charge in [-0.25, -0.2) is 0 Å². The van der Waals surface area contributed by atoms with E-state index in [0.29, 0.717) is 11.8 Å². The highest BCUT2D eigenvalue weighted by Crippen LogP contribution is 2.44. The fourth-order valence-electron chi connectivity index (χ4n) is 3.01. The van der Waals surface area contributed by atoms with E-state index in [-0.39, 0.29) is 0 Å². The molecule has 0 aliphatic carbocycles. The van der Waals surface area contributed by atoms with Gasteiger partial charge in [0.25, 0.3) is 0 Å². The Balaban J connectivity index is 2.47. The molecule has 0 N–H and O–H groups in total. The monoisotopic (exact) mass is 279 g/mol. The Bertz CT molecular complexity index is 436. The number of methoxy groups -OCH3 is 3. The van der Waals surface area contributed by atoms with E-state index in [2.05, 4.69) is 18.9 Å². The lowest BCUT2D eigenvalue weighted by atomic mass is 9.81. The molecule has 1 fully saturated rings. The Hall–Kier alpha value is -1.42. The van der Waals surface area contributed by atoms with Crippen molar-refractivity contribution in [2.75, 3.05) is 41.5 Å². The molecule has 1 heterocycles. The van der Waals surface area contributed by atoms with Gasteiger partial charge in [-0.1, -0.05) is 6.92 Å². The molecule has 2 atom stereocenters. The molecule has 112 valence electrons. The summed E-state index contributed by atoms with van der Waals surface area (Å²) in [4.78, 5) is 2.37. The summed E-state index contributed by atoms with van der Waals surface area (Å²) in [5.74, 6) is 3.51. The summed E-state index contributed by atoms with van der Waals surface area (Å²) in [5.41, 5.74) is 1.16. The van der Waals surface area contributed by atoms with E-state index in [9.17, 15) is 0 Å². The lowest BCUT2D eigenvalue weighted by molar-refractivity contribution is 0.194. The van der Waals surface area contributed by atoms with Crippen molar-refractivity contribution in [3.05, 3.63) is 17.7 Å². The molecule has 0 saturated carbocycles. The van der Waals surface area contributed by atoms with Crippen LogP contribution in [0.5, 0.6) is 17.2 Å². The quantitative estimate of drug-likeness (QED) is 0.848. The van der Waals surface area contributed by atoms with E-state index in [1.54, 1.807) is 21.3 Å². The molecule has 4 heteroatoms. The summed E-state index contributed by atoms with van der Waals surface area (Å²) in [6.45, 7) is 4.49. The van der Waals surface area contributed by atoms with Gasteiger partial charge in [0.2, 0.25) is 0 Å². The number of ether oxygens (including phenoxy) is 3. The van der Waals surface area contributed by atoms with Crippen LogP contribution in [0.4, 0.5) is 0 Å². The molecule has 1 saturated heterocycles. The van der Waals surface area contributed by atoms with Gasteiger partial charge in [0.1, 0.15) is 17.2 Å². The number of piperidine rings is 1. The van der Waals surface area contributed by atoms with Crippen molar-refractivity contribution in [2.45, 2.75) is 19.3 Å². The van der Waals surface area contributed by atoms with Gasteiger partial charge in [-0.3, -0.25) is 0 Å². The maximum absolute atomic E-state index is 5.59. The van der Waals surface area contributed by atoms with Gasteiger partial charge >= 0.3 is 0 Å². The summed E-state index contributed by atoms with van der Waals surface area (Å²) < 4.78 is 16.5. The number of rotatable bonds is 4. The second-order valence-corrected chi connectivity index (χ2v) is 5.58. The first-order valence-corrected chi connectivity index (χ1v) is 7.09. The molecule has 0 aromatic heterocycles. The molecular weight excluding hydrogens is 254 g/mol. The first-order chi connectivity index (χ1) is 9.60. The maximum atomic E-state index is 5.59. The van der Waals surface area contributed by atoms with Crippen LogP contribution in [-0.2, 0) is 0 Å². The average Bonchev–Trinajstić information content (AvgIpc) is 2.48. The topological polar surface area (TPSA) is 30.9 Å². The van der Waals surface area contributed by atoms with E-state index in [1.165, 1.54) is 6.42 Å². The van der Waals surface area contributed by atoms with Crippen LogP contribution in [0.15, 0.2) is 12.1 Å². The van der Waals surface area contributed by atoms with E-state index >= 15 is 0 Å².